The highest BCUT2D eigenvalue weighted by molar-refractivity contribution is 5.71. The Balaban J connectivity index is 0.000000308. The summed E-state index contributed by atoms with van der Waals surface area (Å²) in [6.45, 7) is 5.58. The number of nitrogens with two attached hydrogens (primary N) is 1. The third-order valence-electron chi connectivity index (χ3n) is 16.1. The van der Waals surface area contributed by atoms with Crippen LogP contribution in [0.3, 0.4) is 0 Å². The normalized spacial score (nSPS) is 21.4. The van der Waals surface area contributed by atoms with Crippen LogP contribution in [0.1, 0.15) is 73.5 Å². The van der Waals surface area contributed by atoms with E-state index in [4.69, 9.17) is 39.7 Å². The molecule has 6 aromatic carbocycles. The molecule has 2 aromatic heterocycles. The highest BCUT2D eigenvalue weighted by atomic mass is 16.6. The van der Waals surface area contributed by atoms with Crippen molar-refractivity contribution < 1.29 is 43.4 Å². The molecule has 8 aromatic rings. The molecule has 2 saturated heterocycles. The van der Waals surface area contributed by atoms with Crippen molar-refractivity contribution in [3.05, 3.63) is 270 Å². The van der Waals surface area contributed by atoms with Crippen molar-refractivity contribution in [3.63, 3.8) is 0 Å². The first kappa shape index (κ1) is 62.7. The highest BCUT2D eigenvalue weighted by Crippen LogP contribution is 2.48. The Bertz CT molecular complexity index is 3790. The van der Waals surface area contributed by atoms with E-state index in [1.165, 1.54) is 16.8 Å². The van der Waals surface area contributed by atoms with Crippen LogP contribution in [0.5, 0.6) is 11.5 Å². The summed E-state index contributed by atoms with van der Waals surface area (Å²) in [6, 6.07) is 58.6. The number of rotatable bonds is 21. The van der Waals surface area contributed by atoms with Crippen LogP contribution in [0.15, 0.2) is 214 Å². The average molecular weight is 1190 g/mol. The number of anilines is 2. The molecular formula is C65H68N12O11. The van der Waals surface area contributed by atoms with Gasteiger partial charge in [-0.3, -0.25) is 13.9 Å². The van der Waals surface area contributed by atoms with Gasteiger partial charge in [-0.2, -0.15) is 9.97 Å². The van der Waals surface area contributed by atoms with E-state index in [0.717, 1.165) is 37.9 Å². The number of carbonyl (C=O) groups is 1. The van der Waals surface area contributed by atoms with Crippen LogP contribution in [0.4, 0.5) is 11.6 Å². The minimum Gasteiger partial charge on any atom is -0.497 e. The van der Waals surface area contributed by atoms with Crippen LogP contribution in [-0.4, -0.2) is 93.0 Å². The second kappa shape index (κ2) is 27.3. The molecule has 0 aliphatic carbocycles. The van der Waals surface area contributed by atoms with E-state index in [9.17, 15) is 30.1 Å². The number of nitrogens with one attached hydrogen (secondary N) is 1. The van der Waals surface area contributed by atoms with Gasteiger partial charge in [0.2, 0.25) is 5.72 Å². The first-order valence-corrected chi connectivity index (χ1v) is 28.3. The van der Waals surface area contributed by atoms with Gasteiger partial charge in [-0.1, -0.05) is 184 Å². The Morgan fingerprint density at radius 2 is 1.09 bits per heavy atom. The van der Waals surface area contributed by atoms with Gasteiger partial charge < -0.3 is 49.7 Å². The van der Waals surface area contributed by atoms with Crippen molar-refractivity contribution >= 4 is 17.6 Å². The molecule has 0 saturated carbocycles. The zero-order valence-corrected chi connectivity index (χ0v) is 49.3. The maximum atomic E-state index is 14.3. The fourth-order valence-corrected chi connectivity index (χ4v) is 11.5. The third kappa shape index (κ3) is 12.4. The van der Waals surface area contributed by atoms with Crippen molar-refractivity contribution in [1.82, 2.24) is 19.1 Å². The summed E-state index contributed by atoms with van der Waals surface area (Å²) in [7, 11) is 3.25. The van der Waals surface area contributed by atoms with Gasteiger partial charge in [0.25, 0.3) is 0 Å². The van der Waals surface area contributed by atoms with E-state index in [0.29, 0.717) is 17.3 Å². The molecule has 5 N–H and O–H groups in total. The summed E-state index contributed by atoms with van der Waals surface area (Å²) in [5.74, 6) is -0.473. The molecule has 0 amide bonds. The lowest BCUT2D eigenvalue weighted by molar-refractivity contribution is -0.168. The minimum absolute atomic E-state index is 0.0413. The fraction of sp³-hybridized carbons (Fsp3) is 0.308. The van der Waals surface area contributed by atoms with Crippen LogP contribution < -0.4 is 31.9 Å². The fourth-order valence-electron chi connectivity index (χ4n) is 11.5. The second-order valence-electron chi connectivity index (χ2n) is 21.6. The molecule has 10 rings (SSSR count). The van der Waals surface area contributed by atoms with Crippen molar-refractivity contribution in [3.8, 4) is 11.5 Å². The number of esters is 1. The number of ether oxygens (including phenoxy) is 6. The number of hydrogen-bond donors (Lipinski definition) is 4. The summed E-state index contributed by atoms with van der Waals surface area (Å²) >= 11 is 0. The molecule has 88 heavy (non-hydrogen) atoms. The van der Waals surface area contributed by atoms with E-state index in [1.807, 2.05) is 177 Å². The third-order valence-corrected chi connectivity index (χ3v) is 16.1. The van der Waals surface area contributed by atoms with E-state index < -0.39 is 95.4 Å². The van der Waals surface area contributed by atoms with Crippen molar-refractivity contribution in [2.75, 3.05) is 45.1 Å². The number of aliphatic hydroxyl groups excluding tert-OH is 2. The number of azide groups is 2. The van der Waals surface area contributed by atoms with E-state index in [2.05, 4.69) is 35.3 Å². The number of nitrogen functional groups attached to an aromatic ring is 1. The lowest BCUT2D eigenvalue weighted by Crippen LogP contribution is -2.47. The van der Waals surface area contributed by atoms with Crippen LogP contribution in [-0.2, 0) is 34.7 Å². The standard InChI is InChI=1S/C51H48N6O6.C14H20N6O5/c1-36-46(62-35-49(37-16-8-4-9-17-37,38-18-10-5-11-19-38)39-24-28-43(60-2)29-25-39)50(34-58,55-56-52)63-47(36)57-33-32-45(53-48(57)59)54-51(40-20-12-6-13-21-40,41-22-14-7-15-23-41)42-26-30-44(61-3)31-27-42;1-7(2)12(22)24-6-14(18-19-16)10(21)8(3)11(25-14)20-5-4-9(15)17-13(20)23/h4-33,36,46-47,58H,34-35H2,1-3H3,(H,53,54,59);4-5,7-8,10-11,21H,6H2,1-3H3,(H2,15,17,23)/t36-,46-,47+,50+;8-,10-,11+,14+/m00/s1. The van der Waals surface area contributed by atoms with Gasteiger partial charge in [0, 0.05) is 34.1 Å². The van der Waals surface area contributed by atoms with E-state index >= 15 is 0 Å². The zero-order valence-electron chi connectivity index (χ0n) is 49.3. The molecule has 0 spiro atoms. The van der Waals surface area contributed by atoms with Crippen molar-refractivity contribution in [1.29, 1.82) is 0 Å². The lowest BCUT2D eigenvalue weighted by Gasteiger charge is -2.38. The van der Waals surface area contributed by atoms with Crippen LogP contribution >= 0.6 is 0 Å². The van der Waals surface area contributed by atoms with Crippen LogP contribution in [0.25, 0.3) is 20.9 Å². The van der Waals surface area contributed by atoms with Gasteiger partial charge in [-0.05, 0) is 80.8 Å². The first-order chi connectivity index (χ1) is 42.5. The smallest absolute Gasteiger partial charge is 0.351 e. The Morgan fingerprint density at radius 1 is 0.659 bits per heavy atom. The first-order valence-electron chi connectivity index (χ1n) is 28.3. The maximum absolute atomic E-state index is 14.3. The summed E-state index contributed by atoms with van der Waals surface area (Å²) in [4.78, 5) is 52.1. The van der Waals surface area contributed by atoms with Gasteiger partial charge in [-0.25, -0.2) is 9.59 Å². The number of carbonyl (C=O) groups excluding carboxylic acids is 1. The molecule has 2 fully saturated rings. The molecule has 23 nitrogen and oxygen atoms in total. The zero-order chi connectivity index (χ0) is 62.6. The predicted molar refractivity (Wildman–Crippen MR) is 328 cm³/mol. The Kier molecular flexibility index (Phi) is 19.4. The molecule has 454 valence electrons. The monoisotopic (exact) mass is 1190 g/mol. The maximum Gasteiger partial charge on any atom is 0.351 e. The molecule has 4 heterocycles. The summed E-state index contributed by atoms with van der Waals surface area (Å²) < 4.78 is 37.7. The van der Waals surface area contributed by atoms with Crippen LogP contribution in [0, 0.1) is 17.8 Å². The van der Waals surface area contributed by atoms with Gasteiger partial charge in [0.1, 0.15) is 53.8 Å². The number of benzene rings is 6. The number of methoxy groups -OCH3 is 2. The molecule has 2 aliphatic rings. The molecule has 0 bridgehead atoms. The molecule has 0 radical (unpaired) electrons. The molecule has 23 heteroatoms. The Morgan fingerprint density at radius 3 is 1.56 bits per heavy atom. The van der Waals surface area contributed by atoms with Crippen molar-refractivity contribution in [2.45, 2.75) is 74.8 Å². The van der Waals surface area contributed by atoms with E-state index in [-0.39, 0.29) is 12.4 Å². The average Bonchev–Trinajstić information content (AvgIpc) is 1.80. The van der Waals surface area contributed by atoms with Gasteiger partial charge in [0.15, 0.2) is 5.72 Å². The lowest BCUT2D eigenvalue weighted by atomic mass is 9.70. The predicted octanol–water partition coefficient (Wildman–Crippen LogP) is 9.81. The molecule has 8 atom stereocenters. The summed E-state index contributed by atoms with van der Waals surface area (Å²) in [5.41, 5.74) is 22.8. The Hall–Kier alpha value is -9.83. The highest BCUT2D eigenvalue weighted by Gasteiger charge is 2.57. The number of nitrogens with zero attached hydrogens (tertiary/aromatic N) is 10. The molecular weight excluding hydrogens is 1120 g/mol. The second-order valence-corrected chi connectivity index (χ2v) is 21.6. The van der Waals surface area contributed by atoms with E-state index in [1.54, 1.807) is 47.3 Å². The SMILES string of the molecule is CC(C)C(=O)OC[C@@]1(N=[N+]=[N-])O[C@@H](n2ccc(N)nc2=O)[C@@H](C)[C@@H]1O.COc1ccc(C(CO[C@H]2[C@H](C)[C@H](n3ccc(NC(c4ccccc4)(c4ccccc4)c4ccc(OC)cc4)nc3=O)O[C@@]2(CO)N=[N+]=[N-])(c2ccccc2)c2ccccc2)cc1. The quantitative estimate of drug-likeness (QED) is 0.0171. The van der Waals surface area contributed by atoms with Gasteiger partial charge in [0.05, 0.1) is 44.9 Å². The van der Waals surface area contributed by atoms with Crippen LogP contribution in [0.2, 0.25) is 0 Å². The number of hydrogen-bond acceptors (Lipinski definition) is 17. The van der Waals surface area contributed by atoms with Crippen molar-refractivity contribution in [2.24, 2.45) is 28.0 Å². The summed E-state index contributed by atoms with van der Waals surface area (Å²) in [6.07, 6.45) is -1.37. The topological polar surface area (TPSA) is 318 Å². The number of aromatic nitrogens is 4. The van der Waals surface area contributed by atoms with Gasteiger partial charge >= 0.3 is 17.3 Å². The largest absolute Gasteiger partial charge is 0.497 e. The Labute approximate surface area is 507 Å². The molecule has 0 unspecified atom stereocenters. The summed E-state index contributed by atoms with van der Waals surface area (Å²) in [5, 5.41) is 32.8. The minimum atomic E-state index is -1.89. The van der Waals surface area contributed by atoms with Gasteiger partial charge in [-0.15, -0.1) is 0 Å². The molecule has 2 aliphatic heterocycles. The number of aliphatic hydroxyl groups is 2.